The van der Waals surface area contributed by atoms with Crippen molar-refractivity contribution in [1.82, 2.24) is 0 Å². The van der Waals surface area contributed by atoms with E-state index in [0.717, 1.165) is 18.2 Å². The quantitative estimate of drug-likeness (QED) is 0.812. The third-order valence-corrected chi connectivity index (χ3v) is 2.27. The van der Waals surface area contributed by atoms with Crippen LogP contribution in [0.2, 0.25) is 0 Å². The van der Waals surface area contributed by atoms with Crippen LogP contribution in [0.25, 0.3) is 0 Å². The zero-order valence-electron chi connectivity index (χ0n) is 8.77. The molecule has 0 aliphatic heterocycles. The molecule has 1 rings (SSSR count). The van der Waals surface area contributed by atoms with Gasteiger partial charge in [-0.05, 0) is 25.0 Å². The highest BCUT2D eigenvalue weighted by Crippen LogP contribution is 2.28. The van der Waals surface area contributed by atoms with Gasteiger partial charge in [-0.1, -0.05) is 6.07 Å². The van der Waals surface area contributed by atoms with E-state index in [1.807, 2.05) is 0 Å². The summed E-state index contributed by atoms with van der Waals surface area (Å²) in [7, 11) is 0. The maximum atomic E-state index is 13.1. The number of alkyl halides is 3. The van der Waals surface area contributed by atoms with Crippen molar-refractivity contribution in [3.63, 3.8) is 0 Å². The lowest BCUT2D eigenvalue weighted by atomic mass is 10.0. The zero-order valence-corrected chi connectivity index (χ0v) is 8.77. The predicted molar refractivity (Wildman–Crippen MR) is 51.2 cm³/mol. The van der Waals surface area contributed by atoms with Gasteiger partial charge in [-0.2, -0.15) is 13.2 Å². The Balaban J connectivity index is 2.61. The maximum absolute atomic E-state index is 13.1. The van der Waals surface area contributed by atoms with E-state index in [2.05, 4.69) is 0 Å². The van der Waals surface area contributed by atoms with Gasteiger partial charge < -0.3 is 5.11 Å². The van der Waals surface area contributed by atoms with Gasteiger partial charge >= 0.3 is 6.18 Å². The lowest BCUT2D eigenvalue weighted by Crippen LogP contribution is -2.09. The Morgan fingerprint density at radius 1 is 1.12 bits per heavy atom. The summed E-state index contributed by atoms with van der Waals surface area (Å²) in [5.74, 6) is -1.91. The summed E-state index contributed by atoms with van der Waals surface area (Å²) < 4.78 is 61.8. The van der Waals surface area contributed by atoms with Gasteiger partial charge in [-0.15, -0.1) is 0 Å². The molecule has 0 saturated carbocycles. The number of aliphatic hydroxyl groups is 1. The molecule has 0 bridgehead atoms. The van der Waals surface area contributed by atoms with Crippen molar-refractivity contribution in [2.45, 2.75) is 31.5 Å². The van der Waals surface area contributed by atoms with Crippen molar-refractivity contribution in [2.75, 3.05) is 0 Å². The van der Waals surface area contributed by atoms with Crippen molar-refractivity contribution in [2.24, 2.45) is 0 Å². The van der Waals surface area contributed by atoms with Crippen LogP contribution < -0.4 is 0 Å². The number of halogens is 5. The molecule has 6 heteroatoms. The molecular weight excluding hydrogens is 243 g/mol. The van der Waals surface area contributed by atoms with Gasteiger partial charge in [0, 0.05) is 6.42 Å². The molecule has 0 spiro atoms. The molecule has 1 N–H and O–H groups in total. The number of benzene rings is 1. The molecule has 1 atom stereocenters. The van der Waals surface area contributed by atoms with E-state index in [-0.39, 0.29) is 12.8 Å². The molecule has 96 valence electrons. The predicted octanol–water partition coefficient (Wildman–Crippen LogP) is 3.73. The fourth-order valence-corrected chi connectivity index (χ4v) is 1.47. The lowest BCUT2D eigenvalue weighted by molar-refractivity contribution is -0.136. The van der Waals surface area contributed by atoms with Crippen LogP contribution in [0.15, 0.2) is 18.2 Å². The Morgan fingerprint density at radius 2 is 1.65 bits per heavy atom. The van der Waals surface area contributed by atoms with Gasteiger partial charge in [0.25, 0.3) is 0 Å². The minimum atomic E-state index is -4.33. The van der Waals surface area contributed by atoms with E-state index in [4.69, 9.17) is 0 Å². The van der Waals surface area contributed by atoms with E-state index in [9.17, 15) is 27.1 Å². The second-order valence-electron chi connectivity index (χ2n) is 3.66. The molecule has 0 radical (unpaired) electrons. The summed E-state index contributed by atoms with van der Waals surface area (Å²) in [6.45, 7) is 0. The smallest absolute Gasteiger partial charge is 0.388 e. The largest absolute Gasteiger partial charge is 0.389 e. The number of hydrogen-bond acceptors (Lipinski definition) is 1. The average molecular weight is 254 g/mol. The summed E-state index contributed by atoms with van der Waals surface area (Å²) in [6, 6.07) is 3.02. The minimum Gasteiger partial charge on any atom is -0.388 e. The average Bonchev–Trinajstić information content (AvgIpc) is 2.15. The number of hydrogen-bond donors (Lipinski definition) is 1. The first-order chi connectivity index (χ1) is 7.81. The Kier molecular flexibility index (Phi) is 4.45. The van der Waals surface area contributed by atoms with Crippen LogP contribution in [0.5, 0.6) is 0 Å². The van der Waals surface area contributed by atoms with Gasteiger partial charge in [-0.25, -0.2) is 8.78 Å². The molecular formula is C11H11F5O. The zero-order chi connectivity index (χ0) is 13.1. The standard InChI is InChI=1S/C11H11F5O/c12-7-3-1-4-8(13)10(7)9(17)5-2-6-11(14,15)16/h1,3-4,9,17H,2,5-6H2. The van der Waals surface area contributed by atoms with Crippen LogP contribution in [-0.2, 0) is 0 Å². The second-order valence-corrected chi connectivity index (χ2v) is 3.66. The Labute approximate surface area is 94.9 Å². The molecule has 1 aromatic rings. The monoisotopic (exact) mass is 254 g/mol. The lowest BCUT2D eigenvalue weighted by Gasteiger charge is -2.13. The van der Waals surface area contributed by atoms with E-state index >= 15 is 0 Å². The van der Waals surface area contributed by atoms with Crippen LogP contribution in [0, 0.1) is 11.6 Å². The van der Waals surface area contributed by atoms with Crippen molar-refractivity contribution in [3.05, 3.63) is 35.4 Å². The number of aliphatic hydroxyl groups excluding tert-OH is 1. The van der Waals surface area contributed by atoms with E-state index in [0.29, 0.717) is 0 Å². The molecule has 0 saturated heterocycles. The van der Waals surface area contributed by atoms with Crippen molar-refractivity contribution in [3.8, 4) is 0 Å². The number of rotatable bonds is 4. The third-order valence-electron chi connectivity index (χ3n) is 2.27. The van der Waals surface area contributed by atoms with Gasteiger partial charge in [0.2, 0.25) is 0 Å². The molecule has 0 aromatic heterocycles. The van der Waals surface area contributed by atoms with Crippen LogP contribution in [0.3, 0.4) is 0 Å². The topological polar surface area (TPSA) is 20.2 Å². The first kappa shape index (κ1) is 13.9. The van der Waals surface area contributed by atoms with Crippen molar-refractivity contribution < 1.29 is 27.1 Å². The highest BCUT2D eigenvalue weighted by molar-refractivity contribution is 5.21. The normalized spacial score (nSPS) is 13.8. The van der Waals surface area contributed by atoms with Gasteiger partial charge in [0.15, 0.2) is 0 Å². The second kappa shape index (κ2) is 5.44. The summed E-state index contributed by atoms with van der Waals surface area (Å²) in [4.78, 5) is 0. The third kappa shape index (κ3) is 4.30. The van der Waals surface area contributed by atoms with E-state index < -0.39 is 35.9 Å². The Morgan fingerprint density at radius 3 is 2.12 bits per heavy atom. The van der Waals surface area contributed by atoms with Crippen molar-refractivity contribution in [1.29, 1.82) is 0 Å². The minimum absolute atomic E-state index is 0.336. The van der Waals surface area contributed by atoms with Gasteiger partial charge in [0.05, 0.1) is 11.7 Å². The summed E-state index contributed by atoms with van der Waals surface area (Å²) in [5.41, 5.74) is -0.574. The molecule has 0 amide bonds. The van der Waals surface area contributed by atoms with Crippen LogP contribution in [0.1, 0.15) is 30.9 Å². The molecule has 1 nitrogen and oxygen atoms in total. The van der Waals surface area contributed by atoms with Gasteiger partial charge in [-0.3, -0.25) is 0 Å². The van der Waals surface area contributed by atoms with Crippen LogP contribution in [-0.4, -0.2) is 11.3 Å². The molecule has 1 unspecified atom stereocenters. The van der Waals surface area contributed by atoms with Crippen molar-refractivity contribution >= 4 is 0 Å². The molecule has 0 fully saturated rings. The molecule has 0 aliphatic carbocycles. The first-order valence-electron chi connectivity index (χ1n) is 5.00. The fourth-order valence-electron chi connectivity index (χ4n) is 1.47. The Bertz CT molecular complexity index is 354. The summed E-state index contributed by atoms with van der Waals surface area (Å²) in [6.07, 6.45) is -7.68. The molecule has 17 heavy (non-hydrogen) atoms. The fraction of sp³-hybridized carbons (Fsp3) is 0.455. The van der Waals surface area contributed by atoms with Crippen LogP contribution >= 0.6 is 0 Å². The highest BCUT2D eigenvalue weighted by atomic mass is 19.4. The molecule has 0 aliphatic rings. The highest BCUT2D eigenvalue weighted by Gasteiger charge is 2.27. The van der Waals surface area contributed by atoms with E-state index in [1.165, 1.54) is 0 Å². The SMILES string of the molecule is OC(CCCC(F)(F)F)c1c(F)cccc1F. The van der Waals surface area contributed by atoms with Crippen LogP contribution in [0.4, 0.5) is 22.0 Å². The summed E-state index contributed by atoms with van der Waals surface area (Å²) >= 11 is 0. The maximum Gasteiger partial charge on any atom is 0.389 e. The first-order valence-corrected chi connectivity index (χ1v) is 5.00. The molecule has 0 heterocycles. The van der Waals surface area contributed by atoms with E-state index in [1.54, 1.807) is 0 Å². The summed E-state index contributed by atoms with van der Waals surface area (Å²) in [5, 5.41) is 9.43. The van der Waals surface area contributed by atoms with Gasteiger partial charge in [0.1, 0.15) is 11.6 Å². The molecule has 1 aromatic carbocycles. The Hall–Kier alpha value is -1.17.